The highest BCUT2D eigenvalue weighted by Crippen LogP contribution is 2.15. The first kappa shape index (κ1) is 14.2. The quantitative estimate of drug-likeness (QED) is 0.914. The molecule has 1 N–H and O–H groups in total. The van der Waals surface area contributed by atoms with Crippen LogP contribution in [0.2, 0.25) is 4.47 Å². The van der Waals surface area contributed by atoms with Crippen LogP contribution in [0.15, 0.2) is 0 Å². The van der Waals surface area contributed by atoms with Crippen LogP contribution in [-0.4, -0.2) is 46.0 Å². The summed E-state index contributed by atoms with van der Waals surface area (Å²) in [7, 11) is 0. The van der Waals surface area contributed by atoms with Crippen molar-refractivity contribution >= 4 is 34.8 Å². The van der Waals surface area contributed by atoms with Crippen LogP contribution >= 0.6 is 22.9 Å². The number of amides is 2. The highest BCUT2D eigenvalue weighted by molar-refractivity contribution is 7.17. The number of likely N-dealkylation sites (tertiary alicyclic amines) is 1. The van der Waals surface area contributed by atoms with Crippen LogP contribution in [0.5, 0.6) is 0 Å². The minimum Gasteiger partial charge on any atom is -0.341 e. The van der Waals surface area contributed by atoms with E-state index in [0.717, 1.165) is 43.7 Å². The fourth-order valence-electron chi connectivity index (χ4n) is 2.01. The Hall–Kier alpha value is -1.21. The SMILES string of the molecule is CC(NC(=O)c1nnc(Cl)s1)C(=O)N1CCCCC1. The lowest BCUT2D eigenvalue weighted by Gasteiger charge is -2.29. The Balaban J connectivity index is 1.91. The van der Waals surface area contributed by atoms with Crippen LogP contribution in [0.3, 0.4) is 0 Å². The van der Waals surface area contributed by atoms with Crippen LogP contribution in [0.1, 0.15) is 36.0 Å². The lowest BCUT2D eigenvalue weighted by molar-refractivity contribution is -0.133. The number of aromatic nitrogens is 2. The predicted molar refractivity (Wildman–Crippen MR) is 72.3 cm³/mol. The van der Waals surface area contributed by atoms with Crippen molar-refractivity contribution < 1.29 is 9.59 Å². The average molecular weight is 303 g/mol. The highest BCUT2D eigenvalue weighted by Gasteiger charge is 2.24. The molecule has 0 spiro atoms. The predicted octanol–water partition coefficient (Wildman–Crippen LogP) is 1.32. The third kappa shape index (κ3) is 3.63. The van der Waals surface area contributed by atoms with Crippen molar-refractivity contribution in [3.8, 4) is 0 Å². The molecule has 2 heterocycles. The number of nitrogens with one attached hydrogen (secondary N) is 1. The number of nitrogens with zero attached hydrogens (tertiary/aromatic N) is 3. The van der Waals surface area contributed by atoms with E-state index in [2.05, 4.69) is 15.5 Å². The molecule has 1 saturated heterocycles. The maximum Gasteiger partial charge on any atom is 0.282 e. The minimum absolute atomic E-state index is 0.0522. The molecule has 1 aliphatic heterocycles. The van der Waals surface area contributed by atoms with Gasteiger partial charge in [0.15, 0.2) is 0 Å². The normalized spacial score (nSPS) is 17.1. The standard InChI is InChI=1S/C11H15ClN4O2S/c1-7(10(18)16-5-3-2-4-6-16)13-8(17)9-14-15-11(12)19-9/h7H,2-6H2,1H3,(H,13,17). The molecule has 0 radical (unpaired) electrons. The van der Waals surface area contributed by atoms with E-state index in [1.54, 1.807) is 11.8 Å². The van der Waals surface area contributed by atoms with E-state index in [1.807, 2.05) is 0 Å². The average Bonchev–Trinajstić information content (AvgIpc) is 2.85. The lowest BCUT2D eigenvalue weighted by atomic mass is 10.1. The molecule has 1 unspecified atom stereocenters. The molecule has 1 aromatic heterocycles. The third-order valence-corrected chi connectivity index (χ3v) is 4.00. The number of piperidine rings is 1. The number of carbonyl (C=O) groups is 2. The van der Waals surface area contributed by atoms with E-state index in [0.29, 0.717) is 0 Å². The fraction of sp³-hybridized carbons (Fsp3) is 0.636. The van der Waals surface area contributed by atoms with Gasteiger partial charge in [0, 0.05) is 13.1 Å². The van der Waals surface area contributed by atoms with E-state index in [-0.39, 0.29) is 15.4 Å². The first-order chi connectivity index (χ1) is 9.08. The van der Waals surface area contributed by atoms with E-state index in [9.17, 15) is 9.59 Å². The zero-order chi connectivity index (χ0) is 13.8. The molecule has 2 rings (SSSR count). The molecule has 1 fully saturated rings. The Labute approximate surface area is 120 Å². The molecule has 1 aliphatic rings. The summed E-state index contributed by atoms with van der Waals surface area (Å²) in [5.74, 6) is -0.467. The molecule has 8 heteroatoms. The van der Waals surface area contributed by atoms with Gasteiger partial charge in [0.25, 0.3) is 5.91 Å². The molecule has 0 saturated carbocycles. The topological polar surface area (TPSA) is 75.2 Å². The summed E-state index contributed by atoms with van der Waals surface area (Å²) in [5.41, 5.74) is 0. The van der Waals surface area contributed by atoms with Gasteiger partial charge in [-0.3, -0.25) is 9.59 Å². The third-order valence-electron chi connectivity index (χ3n) is 2.98. The summed E-state index contributed by atoms with van der Waals surface area (Å²) in [4.78, 5) is 25.7. The number of hydrogen-bond acceptors (Lipinski definition) is 5. The summed E-state index contributed by atoms with van der Waals surface area (Å²) in [6, 6.07) is -0.562. The molecule has 0 aliphatic carbocycles. The molecule has 0 bridgehead atoms. The van der Waals surface area contributed by atoms with Crippen molar-refractivity contribution in [1.29, 1.82) is 0 Å². The fourth-order valence-corrected chi connectivity index (χ4v) is 2.74. The van der Waals surface area contributed by atoms with Gasteiger partial charge in [-0.15, -0.1) is 10.2 Å². The number of rotatable bonds is 3. The van der Waals surface area contributed by atoms with Gasteiger partial charge in [0.1, 0.15) is 6.04 Å². The summed E-state index contributed by atoms with van der Waals surface area (Å²) in [6.45, 7) is 3.21. The van der Waals surface area contributed by atoms with Crippen LogP contribution in [0, 0.1) is 0 Å². The highest BCUT2D eigenvalue weighted by atomic mass is 35.5. The first-order valence-corrected chi connectivity index (χ1v) is 7.36. The van der Waals surface area contributed by atoms with Gasteiger partial charge < -0.3 is 10.2 Å². The largest absolute Gasteiger partial charge is 0.341 e. The van der Waals surface area contributed by atoms with Gasteiger partial charge >= 0.3 is 0 Å². The maximum atomic E-state index is 12.1. The van der Waals surface area contributed by atoms with E-state index in [4.69, 9.17) is 11.6 Å². The summed E-state index contributed by atoms with van der Waals surface area (Å²) >= 11 is 6.61. The van der Waals surface area contributed by atoms with Crippen molar-refractivity contribution in [3.05, 3.63) is 9.47 Å². The Morgan fingerprint density at radius 2 is 2.00 bits per heavy atom. The van der Waals surface area contributed by atoms with Crippen LogP contribution < -0.4 is 5.32 Å². The zero-order valence-electron chi connectivity index (χ0n) is 10.6. The summed E-state index contributed by atoms with van der Waals surface area (Å²) in [5, 5.41) is 9.99. The molecular weight excluding hydrogens is 288 g/mol. The maximum absolute atomic E-state index is 12.1. The van der Waals surface area contributed by atoms with E-state index >= 15 is 0 Å². The molecular formula is C11H15ClN4O2S. The van der Waals surface area contributed by atoms with Gasteiger partial charge in [-0.25, -0.2) is 0 Å². The monoisotopic (exact) mass is 302 g/mol. The van der Waals surface area contributed by atoms with Crippen LogP contribution in [0.4, 0.5) is 0 Å². The van der Waals surface area contributed by atoms with Crippen LogP contribution in [0.25, 0.3) is 0 Å². The molecule has 104 valence electrons. The van der Waals surface area contributed by atoms with Crippen molar-refractivity contribution in [2.24, 2.45) is 0 Å². The van der Waals surface area contributed by atoms with Crippen molar-refractivity contribution in [2.45, 2.75) is 32.2 Å². The van der Waals surface area contributed by atoms with Gasteiger partial charge in [0.05, 0.1) is 0 Å². The minimum atomic E-state index is -0.562. The smallest absolute Gasteiger partial charge is 0.282 e. The van der Waals surface area contributed by atoms with E-state index < -0.39 is 11.9 Å². The number of carbonyl (C=O) groups excluding carboxylic acids is 2. The molecule has 19 heavy (non-hydrogen) atoms. The summed E-state index contributed by atoms with van der Waals surface area (Å²) < 4.78 is 0.208. The molecule has 1 atom stereocenters. The first-order valence-electron chi connectivity index (χ1n) is 6.16. The van der Waals surface area contributed by atoms with Crippen molar-refractivity contribution in [1.82, 2.24) is 20.4 Å². The summed E-state index contributed by atoms with van der Waals surface area (Å²) in [6.07, 6.45) is 3.21. The Morgan fingerprint density at radius 1 is 1.32 bits per heavy atom. The second-order valence-electron chi connectivity index (χ2n) is 4.44. The van der Waals surface area contributed by atoms with Crippen molar-refractivity contribution in [3.63, 3.8) is 0 Å². The Bertz CT molecular complexity index is 473. The van der Waals surface area contributed by atoms with E-state index in [1.165, 1.54) is 0 Å². The Kier molecular flexibility index (Phi) is 4.71. The molecule has 6 nitrogen and oxygen atoms in total. The zero-order valence-corrected chi connectivity index (χ0v) is 12.1. The molecule has 2 amide bonds. The second kappa shape index (κ2) is 6.29. The second-order valence-corrected chi connectivity index (χ2v) is 6.00. The Morgan fingerprint density at radius 3 is 2.58 bits per heavy atom. The lowest BCUT2D eigenvalue weighted by Crippen LogP contribution is -2.48. The number of hydrogen-bond donors (Lipinski definition) is 1. The van der Waals surface area contributed by atoms with Gasteiger partial charge in [-0.05, 0) is 37.8 Å². The van der Waals surface area contributed by atoms with Gasteiger partial charge in [0.2, 0.25) is 15.4 Å². The van der Waals surface area contributed by atoms with Crippen LogP contribution in [-0.2, 0) is 4.79 Å². The molecule has 0 aromatic carbocycles. The molecule has 1 aromatic rings. The van der Waals surface area contributed by atoms with Gasteiger partial charge in [-0.1, -0.05) is 11.3 Å². The number of halogens is 1. The van der Waals surface area contributed by atoms with Gasteiger partial charge in [-0.2, -0.15) is 0 Å². The van der Waals surface area contributed by atoms with Crippen molar-refractivity contribution in [2.75, 3.05) is 13.1 Å².